The number of halogens is 2. The fourth-order valence-corrected chi connectivity index (χ4v) is 2.08. The molecule has 0 bridgehead atoms. The molecule has 2 aromatic rings. The van der Waals surface area contributed by atoms with Gasteiger partial charge in [0.2, 0.25) is 0 Å². The van der Waals surface area contributed by atoms with E-state index in [9.17, 15) is 18.4 Å². The van der Waals surface area contributed by atoms with E-state index >= 15 is 0 Å². The van der Waals surface area contributed by atoms with Crippen molar-refractivity contribution >= 4 is 16.7 Å². The van der Waals surface area contributed by atoms with Gasteiger partial charge in [-0.1, -0.05) is 0 Å². The highest BCUT2D eigenvalue weighted by Crippen LogP contribution is 2.32. The molecule has 0 saturated carbocycles. The van der Waals surface area contributed by atoms with Crippen LogP contribution in [-0.4, -0.2) is 13.0 Å². The van der Waals surface area contributed by atoms with Gasteiger partial charge in [-0.3, -0.25) is 4.79 Å². The summed E-state index contributed by atoms with van der Waals surface area (Å²) in [5, 5.41) is 2.90. The molecule has 0 saturated heterocycles. The largest absolute Gasteiger partial charge is 0.421 e. The van der Waals surface area contributed by atoms with Gasteiger partial charge in [0.25, 0.3) is 5.91 Å². The maximum atomic E-state index is 13.4. The van der Waals surface area contributed by atoms with Crippen molar-refractivity contribution in [2.45, 2.75) is 19.8 Å². The fraction of sp³-hybridized carbons (Fsp3) is 0.286. The van der Waals surface area contributed by atoms with Gasteiger partial charge in [0.15, 0.2) is 5.76 Å². The fourth-order valence-electron chi connectivity index (χ4n) is 2.08. The number of carbonyl (C=O) groups is 1. The number of alkyl halides is 2. The Kier molecular flexibility index (Phi) is 3.33. The highest BCUT2D eigenvalue weighted by atomic mass is 19.3. The summed E-state index contributed by atoms with van der Waals surface area (Å²) in [6.07, 6.45) is 0. The minimum atomic E-state index is -3.26. The van der Waals surface area contributed by atoms with Crippen LogP contribution in [0.25, 0.3) is 10.8 Å². The molecule has 0 aliphatic carbocycles. The number of amides is 1. The predicted octanol–water partition coefficient (Wildman–Crippen LogP) is 2.57. The van der Waals surface area contributed by atoms with E-state index in [4.69, 9.17) is 4.42 Å². The van der Waals surface area contributed by atoms with Crippen LogP contribution in [0.2, 0.25) is 0 Å². The second kappa shape index (κ2) is 4.70. The summed E-state index contributed by atoms with van der Waals surface area (Å²) in [4.78, 5) is 23.3. The molecule has 1 N–H and O–H groups in total. The minimum absolute atomic E-state index is 0.151. The van der Waals surface area contributed by atoms with E-state index in [0.29, 0.717) is 17.9 Å². The van der Waals surface area contributed by atoms with Crippen LogP contribution in [0.3, 0.4) is 0 Å². The van der Waals surface area contributed by atoms with Crippen LogP contribution in [0.1, 0.15) is 28.6 Å². The third-order valence-electron chi connectivity index (χ3n) is 3.07. The Labute approximate surface area is 113 Å². The number of hydrogen-bond acceptors (Lipinski definition) is 3. The molecule has 0 radical (unpaired) electrons. The molecule has 1 amide bonds. The van der Waals surface area contributed by atoms with Gasteiger partial charge in [-0.05, 0) is 30.5 Å². The Morgan fingerprint density at radius 1 is 1.30 bits per heavy atom. The maximum Gasteiger partial charge on any atom is 0.344 e. The molecule has 6 heteroatoms. The van der Waals surface area contributed by atoms with Crippen molar-refractivity contribution < 1.29 is 18.0 Å². The van der Waals surface area contributed by atoms with Gasteiger partial charge < -0.3 is 9.73 Å². The molecule has 20 heavy (non-hydrogen) atoms. The van der Waals surface area contributed by atoms with Crippen molar-refractivity contribution in [3.05, 3.63) is 45.5 Å². The van der Waals surface area contributed by atoms with Crippen LogP contribution < -0.4 is 10.9 Å². The third-order valence-corrected chi connectivity index (χ3v) is 3.07. The SMILES string of the molecule is CNC(=O)c1ccc2c(=O)oc(C(C)(F)F)c(C)c2c1. The van der Waals surface area contributed by atoms with Crippen molar-refractivity contribution in [3.8, 4) is 0 Å². The molecule has 0 aliphatic rings. The van der Waals surface area contributed by atoms with Crippen LogP contribution >= 0.6 is 0 Å². The summed E-state index contributed by atoms with van der Waals surface area (Å²) in [7, 11) is 1.46. The lowest BCUT2D eigenvalue weighted by atomic mass is 10.0. The van der Waals surface area contributed by atoms with Gasteiger partial charge in [0.1, 0.15) is 0 Å². The second-order valence-corrected chi connectivity index (χ2v) is 4.57. The number of fused-ring (bicyclic) bond motifs is 1. The summed E-state index contributed by atoms with van der Waals surface area (Å²) in [5.74, 6) is -4.30. The second-order valence-electron chi connectivity index (χ2n) is 4.57. The lowest BCUT2D eigenvalue weighted by Crippen LogP contribution is -2.18. The van der Waals surface area contributed by atoms with Gasteiger partial charge in [-0.15, -0.1) is 0 Å². The molecule has 2 rings (SSSR count). The van der Waals surface area contributed by atoms with Gasteiger partial charge in [-0.25, -0.2) is 4.79 Å². The van der Waals surface area contributed by atoms with E-state index in [-0.39, 0.29) is 16.9 Å². The normalized spacial score (nSPS) is 11.7. The number of benzene rings is 1. The first-order valence-electron chi connectivity index (χ1n) is 5.93. The summed E-state index contributed by atoms with van der Waals surface area (Å²) >= 11 is 0. The number of aryl methyl sites for hydroxylation is 1. The minimum Gasteiger partial charge on any atom is -0.421 e. The molecule has 0 atom stereocenters. The molecule has 1 heterocycles. The Balaban J connectivity index is 2.83. The van der Waals surface area contributed by atoms with E-state index < -0.39 is 17.3 Å². The monoisotopic (exact) mass is 281 g/mol. The molecule has 1 aromatic heterocycles. The zero-order valence-electron chi connectivity index (χ0n) is 11.2. The first-order chi connectivity index (χ1) is 9.25. The van der Waals surface area contributed by atoms with Crippen molar-refractivity contribution in [2.75, 3.05) is 7.05 Å². The van der Waals surface area contributed by atoms with Crippen LogP contribution in [0.15, 0.2) is 27.4 Å². The van der Waals surface area contributed by atoms with E-state index in [1.807, 2.05) is 0 Å². The summed E-state index contributed by atoms with van der Waals surface area (Å²) in [6.45, 7) is 2.10. The lowest BCUT2D eigenvalue weighted by molar-refractivity contribution is -0.00862. The highest BCUT2D eigenvalue weighted by molar-refractivity contribution is 5.99. The molecule has 106 valence electrons. The summed E-state index contributed by atoms with van der Waals surface area (Å²) in [6, 6.07) is 4.26. The van der Waals surface area contributed by atoms with Gasteiger partial charge in [0.05, 0.1) is 5.39 Å². The molecule has 0 fully saturated rings. The quantitative estimate of drug-likeness (QED) is 0.920. The number of carbonyl (C=O) groups excluding carboxylic acids is 1. The van der Waals surface area contributed by atoms with Crippen molar-refractivity contribution in [2.24, 2.45) is 0 Å². The van der Waals surface area contributed by atoms with Crippen LogP contribution in [0.5, 0.6) is 0 Å². The molecule has 4 nitrogen and oxygen atoms in total. The topological polar surface area (TPSA) is 59.3 Å². The Hall–Kier alpha value is -2.24. The van der Waals surface area contributed by atoms with Crippen LogP contribution in [0.4, 0.5) is 8.78 Å². The van der Waals surface area contributed by atoms with E-state index in [1.54, 1.807) is 0 Å². The predicted molar refractivity (Wildman–Crippen MR) is 70.2 cm³/mol. The van der Waals surface area contributed by atoms with Crippen molar-refractivity contribution in [3.63, 3.8) is 0 Å². The Bertz CT molecular complexity index is 744. The summed E-state index contributed by atoms with van der Waals surface area (Å²) < 4.78 is 31.6. The van der Waals surface area contributed by atoms with Crippen LogP contribution in [-0.2, 0) is 5.92 Å². The average molecular weight is 281 g/mol. The van der Waals surface area contributed by atoms with Gasteiger partial charge in [0, 0.05) is 25.1 Å². The van der Waals surface area contributed by atoms with E-state index in [2.05, 4.69) is 5.32 Å². The average Bonchev–Trinajstić information content (AvgIpc) is 2.40. The molecular formula is C14H13F2NO3. The molecular weight excluding hydrogens is 268 g/mol. The number of hydrogen-bond donors (Lipinski definition) is 1. The first-order valence-corrected chi connectivity index (χ1v) is 5.93. The van der Waals surface area contributed by atoms with Gasteiger partial charge in [-0.2, -0.15) is 8.78 Å². The third kappa shape index (κ3) is 2.29. The zero-order chi connectivity index (χ0) is 15.1. The maximum absolute atomic E-state index is 13.4. The lowest BCUT2D eigenvalue weighted by Gasteiger charge is -2.13. The number of nitrogens with one attached hydrogen (secondary N) is 1. The Morgan fingerprint density at radius 3 is 2.50 bits per heavy atom. The molecule has 1 aromatic carbocycles. The Morgan fingerprint density at radius 2 is 1.95 bits per heavy atom. The summed E-state index contributed by atoms with van der Waals surface area (Å²) in [5.41, 5.74) is -0.400. The van der Waals surface area contributed by atoms with Crippen molar-refractivity contribution in [1.82, 2.24) is 5.32 Å². The molecule has 0 aliphatic heterocycles. The van der Waals surface area contributed by atoms with Crippen molar-refractivity contribution in [1.29, 1.82) is 0 Å². The smallest absolute Gasteiger partial charge is 0.344 e. The highest BCUT2D eigenvalue weighted by Gasteiger charge is 2.31. The number of rotatable bonds is 2. The first kappa shape index (κ1) is 14.2. The zero-order valence-corrected chi connectivity index (χ0v) is 11.2. The standard InChI is InChI=1S/C14H13F2NO3/c1-7-10-6-8(12(18)17-3)4-5-9(10)13(19)20-11(7)14(2,15)16/h4-6H,1-3H3,(H,17,18). The van der Waals surface area contributed by atoms with E-state index in [0.717, 1.165) is 0 Å². The van der Waals surface area contributed by atoms with E-state index in [1.165, 1.54) is 32.2 Å². The van der Waals surface area contributed by atoms with Crippen LogP contribution in [0, 0.1) is 6.92 Å². The molecule has 0 unspecified atom stereocenters. The van der Waals surface area contributed by atoms with Gasteiger partial charge >= 0.3 is 11.5 Å². The molecule has 0 spiro atoms.